The van der Waals surface area contributed by atoms with E-state index in [1.165, 1.54) is 5.56 Å². The van der Waals surface area contributed by atoms with E-state index in [0.29, 0.717) is 13.0 Å². The Balaban J connectivity index is 1.59. The summed E-state index contributed by atoms with van der Waals surface area (Å²) in [5, 5.41) is 6.15. The minimum Gasteiger partial charge on any atom is -0.488 e. The number of rotatable bonds is 7. The molecular weight excluding hydrogens is 240 g/mol. The number of benzene rings is 1. The van der Waals surface area contributed by atoms with Crippen molar-refractivity contribution < 1.29 is 9.53 Å². The van der Waals surface area contributed by atoms with Crippen LogP contribution in [0.15, 0.2) is 24.3 Å². The van der Waals surface area contributed by atoms with Crippen molar-refractivity contribution in [3.8, 4) is 5.75 Å². The minimum absolute atomic E-state index is 0.116. The molecule has 1 aliphatic rings. The Morgan fingerprint density at radius 1 is 1.37 bits per heavy atom. The van der Waals surface area contributed by atoms with Crippen molar-refractivity contribution in [2.24, 2.45) is 0 Å². The maximum Gasteiger partial charge on any atom is 0.221 e. The first-order valence-corrected chi connectivity index (χ1v) is 7.01. The van der Waals surface area contributed by atoms with Crippen LogP contribution < -0.4 is 15.4 Å². The van der Waals surface area contributed by atoms with Gasteiger partial charge in [0.05, 0.1) is 0 Å². The van der Waals surface area contributed by atoms with Crippen LogP contribution in [-0.4, -0.2) is 31.6 Å². The van der Waals surface area contributed by atoms with E-state index in [4.69, 9.17) is 4.74 Å². The Labute approximate surface area is 114 Å². The topological polar surface area (TPSA) is 50.4 Å². The molecule has 0 saturated heterocycles. The summed E-state index contributed by atoms with van der Waals surface area (Å²) in [7, 11) is 0. The van der Waals surface area contributed by atoms with Crippen LogP contribution in [0.3, 0.4) is 0 Å². The second kappa shape index (κ2) is 7.14. The van der Waals surface area contributed by atoms with Gasteiger partial charge in [0, 0.05) is 32.5 Å². The van der Waals surface area contributed by atoms with Crippen molar-refractivity contribution in [3.05, 3.63) is 29.8 Å². The van der Waals surface area contributed by atoms with Gasteiger partial charge in [-0.1, -0.05) is 25.1 Å². The Kier molecular flexibility index (Phi) is 5.21. The van der Waals surface area contributed by atoms with Crippen LogP contribution in [0, 0.1) is 0 Å². The Bertz CT molecular complexity index is 395. The highest BCUT2D eigenvalue weighted by Gasteiger charge is 2.21. The highest BCUT2D eigenvalue weighted by Crippen LogP contribution is 2.27. The third-order valence-corrected chi connectivity index (χ3v) is 3.19. The number of nitrogens with one attached hydrogen (secondary N) is 2. The monoisotopic (exact) mass is 262 g/mol. The Hall–Kier alpha value is -1.55. The zero-order chi connectivity index (χ0) is 13.5. The van der Waals surface area contributed by atoms with Crippen LogP contribution >= 0.6 is 0 Å². The van der Waals surface area contributed by atoms with Gasteiger partial charge in [0.2, 0.25) is 5.91 Å². The molecule has 0 saturated carbocycles. The van der Waals surface area contributed by atoms with Gasteiger partial charge in [-0.25, -0.2) is 0 Å². The van der Waals surface area contributed by atoms with E-state index in [0.717, 1.165) is 31.7 Å². The average Bonchev–Trinajstić information content (AvgIpc) is 2.84. The standard InChI is InChI=1S/C15H22N2O2/c1-2-8-17-15(18)7-9-16-11-13-10-12-5-3-4-6-14(12)19-13/h3-6,13,16H,2,7-11H2,1H3,(H,17,18). The molecule has 1 amide bonds. The molecule has 1 heterocycles. The van der Waals surface area contributed by atoms with Crippen LogP contribution in [0.5, 0.6) is 5.75 Å². The van der Waals surface area contributed by atoms with E-state index in [-0.39, 0.29) is 12.0 Å². The molecule has 1 aromatic carbocycles. The molecule has 1 unspecified atom stereocenters. The van der Waals surface area contributed by atoms with Crippen molar-refractivity contribution in [3.63, 3.8) is 0 Å². The molecule has 0 radical (unpaired) electrons. The summed E-state index contributed by atoms with van der Waals surface area (Å²) in [6, 6.07) is 8.14. The summed E-state index contributed by atoms with van der Waals surface area (Å²) >= 11 is 0. The van der Waals surface area contributed by atoms with Crippen LogP contribution in [0.4, 0.5) is 0 Å². The highest BCUT2D eigenvalue weighted by molar-refractivity contribution is 5.75. The first-order valence-electron chi connectivity index (χ1n) is 7.01. The lowest BCUT2D eigenvalue weighted by Crippen LogP contribution is -2.33. The number of amides is 1. The summed E-state index contributed by atoms with van der Waals surface area (Å²) in [4.78, 5) is 11.4. The number of carbonyl (C=O) groups is 1. The van der Waals surface area contributed by atoms with Gasteiger partial charge < -0.3 is 15.4 Å². The molecule has 0 spiro atoms. The van der Waals surface area contributed by atoms with Crippen LogP contribution in [0.25, 0.3) is 0 Å². The molecule has 19 heavy (non-hydrogen) atoms. The third-order valence-electron chi connectivity index (χ3n) is 3.19. The van der Waals surface area contributed by atoms with Crippen molar-refractivity contribution in [2.45, 2.75) is 32.3 Å². The van der Waals surface area contributed by atoms with E-state index >= 15 is 0 Å². The van der Waals surface area contributed by atoms with Crippen LogP contribution in [-0.2, 0) is 11.2 Å². The maximum absolute atomic E-state index is 11.4. The first-order chi connectivity index (χ1) is 9.29. The number of fused-ring (bicyclic) bond motifs is 1. The lowest BCUT2D eigenvalue weighted by atomic mass is 10.1. The zero-order valence-corrected chi connectivity index (χ0v) is 11.4. The fourth-order valence-corrected chi connectivity index (χ4v) is 2.19. The summed E-state index contributed by atoms with van der Waals surface area (Å²) in [5.41, 5.74) is 1.27. The molecule has 104 valence electrons. The number of para-hydroxylation sites is 1. The molecule has 2 rings (SSSR count). The van der Waals surface area contributed by atoms with E-state index in [2.05, 4.69) is 16.7 Å². The zero-order valence-electron chi connectivity index (χ0n) is 11.4. The predicted molar refractivity (Wildman–Crippen MR) is 75.3 cm³/mol. The Morgan fingerprint density at radius 2 is 2.21 bits per heavy atom. The van der Waals surface area contributed by atoms with Crippen molar-refractivity contribution in [2.75, 3.05) is 19.6 Å². The van der Waals surface area contributed by atoms with Crippen LogP contribution in [0.2, 0.25) is 0 Å². The van der Waals surface area contributed by atoms with E-state index in [9.17, 15) is 4.79 Å². The van der Waals surface area contributed by atoms with Crippen LogP contribution in [0.1, 0.15) is 25.3 Å². The predicted octanol–water partition coefficient (Wildman–Crippen LogP) is 1.50. The van der Waals surface area contributed by atoms with Gasteiger partial charge in [-0.05, 0) is 18.1 Å². The molecule has 4 nitrogen and oxygen atoms in total. The molecule has 0 aliphatic carbocycles. The number of carbonyl (C=O) groups excluding carboxylic acids is 1. The van der Waals surface area contributed by atoms with Gasteiger partial charge in [0.25, 0.3) is 0 Å². The quantitative estimate of drug-likeness (QED) is 0.732. The molecule has 1 atom stereocenters. The van der Waals surface area contributed by atoms with Gasteiger partial charge in [-0.15, -0.1) is 0 Å². The number of hydrogen-bond acceptors (Lipinski definition) is 3. The third kappa shape index (κ3) is 4.24. The molecule has 0 fully saturated rings. The molecular formula is C15H22N2O2. The summed E-state index contributed by atoms with van der Waals surface area (Å²) < 4.78 is 5.82. The fraction of sp³-hybridized carbons (Fsp3) is 0.533. The average molecular weight is 262 g/mol. The first kappa shape index (κ1) is 13.9. The normalized spacial score (nSPS) is 16.8. The van der Waals surface area contributed by atoms with Crippen molar-refractivity contribution in [1.82, 2.24) is 10.6 Å². The fourth-order valence-electron chi connectivity index (χ4n) is 2.19. The molecule has 0 aromatic heterocycles. The lowest BCUT2D eigenvalue weighted by molar-refractivity contribution is -0.121. The lowest BCUT2D eigenvalue weighted by Gasteiger charge is -2.11. The number of hydrogen-bond donors (Lipinski definition) is 2. The summed E-state index contributed by atoms with van der Waals surface area (Å²) in [6.45, 7) is 4.30. The van der Waals surface area contributed by atoms with E-state index < -0.39 is 0 Å². The largest absolute Gasteiger partial charge is 0.488 e. The molecule has 4 heteroatoms. The van der Waals surface area contributed by atoms with Crippen molar-refractivity contribution in [1.29, 1.82) is 0 Å². The molecule has 1 aliphatic heterocycles. The second-order valence-electron chi connectivity index (χ2n) is 4.86. The number of ether oxygens (including phenoxy) is 1. The SMILES string of the molecule is CCCNC(=O)CCNCC1Cc2ccccc2O1. The maximum atomic E-state index is 11.4. The molecule has 1 aromatic rings. The van der Waals surface area contributed by atoms with Gasteiger partial charge in [0.1, 0.15) is 11.9 Å². The summed E-state index contributed by atoms with van der Waals surface area (Å²) in [5.74, 6) is 1.11. The molecule has 2 N–H and O–H groups in total. The van der Waals surface area contributed by atoms with Crippen molar-refractivity contribution >= 4 is 5.91 Å². The van der Waals surface area contributed by atoms with Gasteiger partial charge >= 0.3 is 0 Å². The van der Waals surface area contributed by atoms with E-state index in [1.54, 1.807) is 0 Å². The Morgan fingerprint density at radius 3 is 3.00 bits per heavy atom. The van der Waals surface area contributed by atoms with Gasteiger partial charge in [-0.2, -0.15) is 0 Å². The minimum atomic E-state index is 0.116. The van der Waals surface area contributed by atoms with Gasteiger partial charge in [-0.3, -0.25) is 4.79 Å². The summed E-state index contributed by atoms with van der Waals surface area (Å²) in [6.07, 6.45) is 2.65. The smallest absolute Gasteiger partial charge is 0.221 e. The highest BCUT2D eigenvalue weighted by atomic mass is 16.5. The molecule has 0 bridgehead atoms. The second-order valence-corrected chi connectivity index (χ2v) is 4.86. The van der Waals surface area contributed by atoms with E-state index in [1.807, 2.05) is 25.1 Å². The van der Waals surface area contributed by atoms with Gasteiger partial charge in [0.15, 0.2) is 0 Å².